The van der Waals surface area contributed by atoms with Crippen LogP contribution >= 0.6 is 0 Å². The van der Waals surface area contributed by atoms with E-state index in [1.165, 1.54) is 60.8 Å². The highest BCUT2D eigenvalue weighted by Gasteiger charge is 2.51. The molecule has 2 heterocycles. The molecular formula is C52H42N4. The van der Waals surface area contributed by atoms with E-state index in [4.69, 9.17) is 4.99 Å². The first-order valence-electron chi connectivity index (χ1n) is 20.0. The first-order chi connectivity index (χ1) is 27.8. The number of allylic oxidation sites excluding steroid dienone is 2. The van der Waals surface area contributed by atoms with E-state index >= 15 is 0 Å². The van der Waals surface area contributed by atoms with Crippen LogP contribution in [0.15, 0.2) is 193 Å². The summed E-state index contributed by atoms with van der Waals surface area (Å²) in [6.45, 7) is 0. The standard InChI is InChI=1S/C52H42N4/c1-6-18-35(19-7-1)38-30-31-42-44-33-32-43-41-28-16-17-29-45(41)52(39-24-12-4-13-25-39,40-26-14-5-15-27-40)47(43)48(44)56(46(42)34-38)51-54-49(36-20-8-2-9-21-36)53-50(55-51)37-22-10-3-11-23-37/h1-14,16-25,28-34,40,49,51,54H,15,26-27H2,(H,53,55). The lowest BCUT2D eigenvalue weighted by Gasteiger charge is -2.42. The third kappa shape index (κ3) is 5.06. The smallest absolute Gasteiger partial charge is 0.184 e. The molecule has 0 spiro atoms. The molecule has 4 atom stereocenters. The van der Waals surface area contributed by atoms with Crippen LogP contribution in [-0.4, -0.2) is 10.4 Å². The van der Waals surface area contributed by atoms with E-state index in [9.17, 15) is 0 Å². The van der Waals surface area contributed by atoms with Crippen LogP contribution < -0.4 is 10.6 Å². The minimum Gasteiger partial charge on any atom is -0.350 e. The molecule has 1 aromatic heterocycles. The highest BCUT2D eigenvalue weighted by Crippen LogP contribution is 2.61. The summed E-state index contributed by atoms with van der Waals surface area (Å²) >= 11 is 0. The molecule has 0 amide bonds. The Morgan fingerprint density at radius 1 is 0.589 bits per heavy atom. The van der Waals surface area contributed by atoms with E-state index in [0.29, 0.717) is 5.92 Å². The lowest BCUT2D eigenvalue weighted by molar-refractivity contribution is 0.335. The Labute approximate surface area is 327 Å². The van der Waals surface area contributed by atoms with Gasteiger partial charge in [-0.15, -0.1) is 0 Å². The maximum Gasteiger partial charge on any atom is 0.184 e. The minimum absolute atomic E-state index is 0.171. The van der Waals surface area contributed by atoms with E-state index in [2.05, 4.69) is 203 Å². The number of aromatic nitrogens is 1. The molecule has 0 radical (unpaired) electrons. The summed E-state index contributed by atoms with van der Waals surface area (Å²) in [7, 11) is 0. The molecule has 2 N–H and O–H groups in total. The first kappa shape index (κ1) is 32.9. The summed E-state index contributed by atoms with van der Waals surface area (Å²) < 4.78 is 2.55. The number of aliphatic imine (C=N–C) groups is 1. The van der Waals surface area contributed by atoms with E-state index in [1.54, 1.807) is 0 Å². The van der Waals surface area contributed by atoms with Crippen molar-refractivity contribution in [1.29, 1.82) is 0 Å². The Balaban J connectivity index is 1.28. The van der Waals surface area contributed by atoms with Gasteiger partial charge in [0.15, 0.2) is 6.29 Å². The van der Waals surface area contributed by atoms with Crippen molar-refractivity contribution >= 4 is 27.6 Å². The quantitative estimate of drug-likeness (QED) is 0.168. The molecule has 0 saturated carbocycles. The van der Waals surface area contributed by atoms with Crippen LogP contribution in [0, 0.1) is 5.92 Å². The van der Waals surface area contributed by atoms with Crippen molar-refractivity contribution in [2.75, 3.05) is 0 Å². The van der Waals surface area contributed by atoms with Crippen molar-refractivity contribution in [1.82, 2.24) is 15.2 Å². The zero-order valence-corrected chi connectivity index (χ0v) is 31.1. The predicted molar refractivity (Wildman–Crippen MR) is 231 cm³/mol. The summed E-state index contributed by atoms with van der Waals surface area (Å²) in [6.07, 6.45) is 7.43. The van der Waals surface area contributed by atoms with Crippen LogP contribution in [-0.2, 0) is 5.41 Å². The lowest BCUT2D eigenvalue weighted by atomic mass is 9.60. The third-order valence-electron chi connectivity index (χ3n) is 12.5. The fraction of sp³-hybridized carbons (Fsp3) is 0.135. The van der Waals surface area contributed by atoms with Crippen molar-refractivity contribution in [2.45, 2.75) is 37.1 Å². The molecule has 3 aliphatic rings. The normalized spacial score (nSPS) is 21.4. The Hall–Kier alpha value is -6.49. The molecule has 7 aromatic carbocycles. The number of hydrogen-bond acceptors (Lipinski definition) is 3. The average Bonchev–Trinajstić information content (AvgIpc) is 3.78. The largest absolute Gasteiger partial charge is 0.350 e. The number of benzene rings is 7. The predicted octanol–water partition coefficient (Wildman–Crippen LogP) is 11.9. The molecule has 8 aromatic rings. The van der Waals surface area contributed by atoms with Crippen LogP contribution in [0.4, 0.5) is 0 Å². The number of rotatable bonds is 6. The Morgan fingerprint density at radius 2 is 1.27 bits per heavy atom. The second-order valence-electron chi connectivity index (χ2n) is 15.4. The minimum atomic E-state index is -0.419. The monoisotopic (exact) mass is 722 g/mol. The van der Waals surface area contributed by atoms with Gasteiger partial charge in [-0.1, -0.05) is 182 Å². The van der Waals surface area contributed by atoms with Crippen LogP contribution in [0.3, 0.4) is 0 Å². The van der Waals surface area contributed by atoms with Gasteiger partial charge in [0.25, 0.3) is 0 Å². The summed E-state index contributed by atoms with van der Waals surface area (Å²) in [4.78, 5) is 5.63. The fourth-order valence-corrected chi connectivity index (χ4v) is 10.1. The molecule has 0 fully saturated rings. The second-order valence-corrected chi connectivity index (χ2v) is 15.4. The molecule has 1 aliphatic heterocycles. The Morgan fingerprint density at radius 3 is 2.02 bits per heavy atom. The number of nitrogens with one attached hydrogen (secondary N) is 2. The van der Waals surface area contributed by atoms with Gasteiger partial charge in [0, 0.05) is 16.3 Å². The SMILES string of the molecule is C1=CCC(C2(c3ccccc3)c3ccccc3-c3ccc4c5ccc(-c6ccccc6)cc5n(C5N=C(c6ccccc6)NC(c6ccccc6)N5)c4c32)CC1. The molecule has 0 saturated heterocycles. The average molecular weight is 723 g/mol. The molecule has 0 bridgehead atoms. The Kier molecular flexibility index (Phi) is 7.85. The van der Waals surface area contributed by atoms with Crippen molar-refractivity contribution in [3.63, 3.8) is 0 Å². The van der Waals surface area contributed by atoms with Gasteiger partial charge in [-0.2, -0.15) is 0 Å². The van der Waals surface area contributed by atoms with Gasteiger partial charge >= 0.3 is 0 Å². The third-order valence-corrected chi connectivity index (χ3v) is 12.5. The van der Waals surface area contributed by atoms with Gasteiger partial charge < -0.3 is 9.88 Å². The topological polar surface area (TPSA) is 41.4 Å². The van der Waals surface area contributed by atoms with Crippen LogP contribution in [0.2, 0.25) is 0 Å². The Bertz CT molecular complexity index is 2790. The highest BCUT2D eigenvalue weighted by molar-refractivity contribution is 6.13. The molecule has 56 heavy (non-hydrogen) atoms. The summed E-state index contributed by atoms with van der Waals surface area (Å²) in [5.74, 6) is 1.25. The highest BCUT2D eigenvalue weighted by atomic mass is 15.4. The molecular weight excluding hydrogens is 681 g/mol. The molecule has 4 unspecified atom stereocenters. The lowest BCUT2D eigenvalue weighted by Crippen LogP contribution is -2.46. The van der Waals surface area contributed by atoms with Crippen LogP contribution in [0.1, 0.15) is 59.5 Å². The van der Waals surface area contributed by atoms with Crippen LogP contribution in [0.5, 0.6) is 0 Å². The number of fused-ring (bicyclic) bond motifs is 7. The summed E-state index contributed by atoms with van der Waals surface area (Å²) in [6, 6.07) is 64.4. The van der Waals surface area contributed by atoms with Crippen molar-refractivity contribution < 1.29 is 0 Å². The van der Waals surface area contributed by atoms with Crippen molar-refractivity contribution in [2.24, 2.45) is 10.9 Å². The zero-order valence-electron chi connectivity index (χ0n) is 31.1. The van der Waals surface area contributed by atoms with Gasteiger partial charge in [0.2, 0.25) is 0 Å². The number of hydrogen-bond donors (Lipinski definition) is 2. The van der Waals surface area contributed by atoms with E-state index in [1.807, 2.05) is 0 Å². The van der Waals surface area contributed by atoms with E-state index < -0.39 is 6.29 Å². The molecule has 11 rings (SSSR count). The van der Waals surface area contributed by atoms with Crippen LogP contribution in [0.25, 0.3) is 44.1 Å². The fourth-order valence-electron chi connectivity index (χ4n) is 10.1. The summed E-state index contributed by atoms with van der Waals surface area (Å²) in [5.41, 5.74) is 13.5. The molecule has 270 valence electrons. The van der Waals surface area contributed by atoms with Gasteiger partial charge in [0.05, 0.1) is 16.4 Å². The van der Waals surface area contributed by atoms with Gasteiger partial charge in [0.1, 0.15) is 12.0 Å². The number of nitrogens with zero attached hydrogens (tertiary/aromatic N) is 2. The molecule has 4 heteroatoms. The van der Waals surface area contributed by atoms with Crippen molar-refractivity contribution in [3.8, 4) is 22.3 Å². The summed E-state index contributed by atoms with van der Waals surface area (Å²) in [5, 5.41) is 10.3. The molecule has 4 nitrogen and oxygen atoms in total. The first-order valence-corrected chi connectivity index (χ1v) is 20.0. The molecule has 2 aliphatic carbocycles. The van der Waals surface area contributed by atoms with Gasteiger partial charge in [-0.25, -0.2) is 4.99 Å². The number of amidine groups is 1. The second kappa shape index (κ2) is 13.4. The van der Waals surface area contributed by atoms with Crippen molar-refractivity contribution in [3.05, 3.63) is 216 Å². The maximum atomic E-state index is 5.63. The zero-order chi connectivity index (χ0) is 37.1. The van der Waals surface area contributed by atoms with Gasteiger partial charge in [-0.05, 0) is 75.8 Å². The van der Waals surface area contributed by atoms with E-state index in [-0.39, 0.29) is 11.6 Å². The van der Waals surface area contributed by atoms with E-state index in [0.717, 1.165) is 36.2 Å². The van der Waals surface area contributed by atoms with Gasteiger partial charge in [-0.3, -0.25) is 5.32 Å². The maximum absolute atomic E-state index is 5.63.